The van der Waals surface area contributed by atoms with Gasteiger partial charge in [-0.25, -0.2) is 4.79 Å². The van der Waals surface area contributed by atoms with Crippen molar-refractivity contribution in [3.63, 3.8) is 0 Å². The molecule has 66 valence electrons. The van der Waals surface area contributed by atoms with E-state index in [4.69, 9.17) is 9.52 Å². The molecule has 0 aliphatic rings. The fraction of sp³-hybridized carbons (Fsp3) is 0. The first-order chi connectivity index (χ1) is 6.25. The van der Waals surface area contributed by atoms with Crippen LogP contribution >= 0.6 is 0 Å². The summed E-state index contributed by atoms with van der Waals surface area (Å²) in [5.74, 6) is 0. The van der Waals surface area contributed by atoms with Gasteiger partial charge in [-0.15, -0.1) is 0 Å². The lowest BCUT2D eigenvalue weighted by molar-refractivity contribution is 0.131. The lowest BCUT2D eigenvalue weighted by Gasteiger charge is -1.87. The predicted molar refractivity (Wildman–Crippen MR) is 42.7 cm³/mol. The minimum absolute atomic E-state index is 0.256. The van der Waals surface area contributed by atoms with Crippen molar-refractivity contribution in [3.05, 3.63) is 24.3 Å². The number of ether oxygens (including phenoxy) is 1. The van der Waals surface area contributed by atoms with Crippen molar-refractivity contribution in [2.45, 2.75) is 0 Å². The van der Waals surface area contributed by atoms with E-state index in [1.54, 1.807) is 24.3 Å². The van der Waals surface area contributed by atoms with Crippen LogP contribution in [0.15, 0.2) is 28.7 Å². The van der Waals surface area contributed by atoms with E-state index in [2.05, 4.69) is 9.72 Å². The fourth-order valence-electron chi connectivity index (χ4n) is 0.969. The standard InChI is InChI=1S/C8H5NO4/c10-8(11)13-7-9-5-3-1-2-4-6(5)12-7/h1-4H,(H,10,11). The predicted octanol–water partition coefficient (Wildman–Crippen LogP) is 1.88. The van der Waals surface area contributed by atoms with Crippen LogP contribution in [0.4, 0.5) is 4.79 Å². The molecule has 13 heavy (non-hydrogen) atoms. The highest BCUT2D eigenvalue weighted by atomic mass is 16.7. The topological polar surface area (TPSA) is 72.6 Å². The van der Waals surface area contributed by atoms with E-state index >= 15 is 0 Å². The van der Waals surface area contributed by atoms with E-state index in [0.717, 1.165) is 0 Å². The van der Waals surface area contributed by atoms with Crippen LogP contribution in [-0.4, -0.2) is 16.2 Å². The molecule has 1 N–H and O–H groups in total. The third-order valence-corrected chi connectivity index (χ3v) is 1.45. The maximum absolute atomic E-state index is 10.1. The van der Waals surface area contributed by atoms with Gasteiger partial charge in [-0.2, -0.15) is 4.98 Å². The molecule has 0 spiro atoms. The molecule has 1 aromatic carbocycles. The Balaban J connectivity index is 2.44. The number of carbonyl (C=O) groups is 1. The second kappa shape index (κ2) is 2.78. The number of fused-ring (bicyclic) bond motifs is 1. The zero-order chi connectivity index (χ0) is 9.26. The quantitative estimate of drug-likeness (QED) is 0.676. The van der Waals surface area contributed by atoms with Crippen LogP contribution in [0.3, 0.4) is 0 Å². The summed E-state index contributed by atoms with van der Waals surface area (Å²) < 4.78 is 9.20. The minimum atomic E-state index is -1.44. The van der Waals surface area contributed by atoms with Crippen molar-refractivity contribution >= 4 is 17.3 Å². The van der Waals surface area contributed by atoms with E-state index in [-0.39, 0.29) is 6.08 Å². The zero-order valence-electron chi connectivity index (χ0n) is 6.43. The molecule has 0 saturated carbocycles. The Labute approximate surface area is 72.6 Å². The van der Waals surface area contributed by atoms with Crippen LogP contribution in [0.1, 0.15) is 0 Å². The summed E-state index contributed by atoms with van der Waals surface area (Å²) in [6, 6.07) is 6.91. The van der Waals surface area contributed by atoms with Crippen molar-refractivity contribution in [2.24, 2.45) is 0 Å². The van der Waals surface area contributed by atoms with Crippen molar-refractivity contribution in [3.8, 4) is 6.08 Å². The Morgan fingerprint density at radius 3 is 2.92 bits per heavy atom. The molecule has 0 bridgehead atoms. The number of rotatable bonds is 1. The zero-order valence-corrected chi connectivity index (χ0v) is 6.43. The number of oxazole rings is 1. The average Bonchev–Trinajstić information content (AvgIpc) is 2.44. The largest absolute Gasteiger partial charge is 0.514 e. The van der Waals surface area contributed by atoms with Crippen molar-refractivity contribution in [1.29, 1.82) is 0 Å². The van der Waals surface area contributed by atoms with E-state index in [9.17, 15) is 4.79 Å². The molecule has 1 heterocycles. The number of carboxylic acid groups (broad SMARTS) is 1. The molecule has 0 fully saturated rings. The Kier molecular flexibility index (Phi) is 1.63. The van der Waals surface area contributed by atoms with Crippen molar-refractivity contribution in [2.75, 3.05) is 0 Å². The minimum Gasteiger partial charge on any atom is -0.449 e. The highest BCUT2D eigenvalue weighted by Crippen LogP contribution is 2.19. The van der Waals surface area contributed by atoms with E-state index in [1.165, 1.54) is 0 Å². The first-order valence-corrected chi connectivity index (χ1v) is 3.52. The van der Waals surface area contributed by atoms with Gasteiger partial charge in [-0.1, -0.05) is 12.1 Å². The third kappa shape index (κ3) is 1.44. The number of nitrogens with zero attached hydrogens (tertiary/aromatic N) is 1. The van der Waals surface area contributed by atoms with E-state index in [0.29, 0.717) is 11.1 Å². The molecule has 0 radical (unpaired) electrons. The molecule has 0 aliphatic carbocycles. The Morgan fingerprint density at radius 1 is 1.46 bits per heavy atom. The Bertz CT molecular complexity index is 415. The summed E-state index contributed by atoms with van der Waals surface area (Å²) in [5, 5.41) is 8.27. The smallest absolute Gasteiger partial charge is 0.449 e. The van der Waals surface area contributed by atoms with Crippen LogP contribution in [0.25, 0.3) is 11.1 Å². The molecule has 5 nitrogen and oxygen atoms in total. The Morgan fingerprint density at radius 2 is 2.23 bits per heavy atom. The first kappa shape index (κ1) is 7.60. The molecule has 1 aromatic heterocycles. The number of hydrogen-bond acceptors (Lipinski definition) is 4. The normalized spacial score (nSPS) is 10.2. The molecule has 2 rings (SSSR count). The molecule has 0 aliphatic heterocycles. The second-order valence-corrected chi connectivity index (χ2v) is 2.32. The van der Waals surface area contributed by atoms with Gasteiger partial charge in [0.2, 0.25) is 0 Å². The average molecular weight is 179 g/mol. The van der Waals surface area contributed by atoms with E-state index < -0.39 is 6.16 Å². The number of para-hydroxylation sites is 2. The van der Waals surface area contributed by atoms with Gasteiger partial charge in [-0.05, 0) is 12.1 Å². The number of aromatic nitrogens is 1. The molecule has 2 aromatic rings. The van der Waals surface area contributed by atoms with Gasteiger partial charge < -0.3 is 14.3 Å². The van der Waals surface area contributed by atoms with Gasteiger partial charge in [0.25, 0.3) is 0 Å². The third-order valence-electron chi connectivity index (χ3n) is 1.45. The highest BCUT2D eigenvalue weighted by molar-refractivity contribution is 5.73. The van der Waals surface area contributed by atoms with Crippen LogP contribution < -0.4 is 4.74 Å². The first-order valence-electron chi connectivity index (χ1n) is 3.52. The summed E-state index contributed by atoms with van der Waals surface area (Å²) in [6.07, 6.45) is -1.69. The van der Waals surface area contributed by atoms with Crippen LogP contribution in [0.2, 0.25) is 0 Å². The maximum atomic E-state index is 10.1. The molecular formula is C8H5NO4. The molecule has 5 heteroatoms. The van der Waals surface area contributed by atoms with Gasteiger partial charge in [-0.3, -0.25) is 0 Å². The van der Waals surface area contributed by atoms with Crippen LogP contribution in [-0.2, 0) is 0 Å². The van der Waals surface area contributed by atoms with Gasteiger partial charge in [0.1, 0.15) is 5.52 Å². The van der Waals surface area contributed by atoms with Gasteiger partial charge in [0.05, 0.1) is 0 Å². The van der Waals surface area contributed by atoms with E-state index in [1.807, 2.05) is 0 Å². The lowest BCUT2D eigenvalue weighted by Crippen LogP contribution is -2.02. The molecule has 0 atom stereocenters. The number of benzene rings is 1. The number of hydrogen-bond donors (Lipinski definition) is 1. The van der Waals surface area contributed by atoms with Crippen molar-refractivity contribution < 1.29 is 19.1 Å². The van der Waals surface area contributed by atoms with Gasteiger partial charge >= 0.3 is 12.2 Å². The fourth-order valence-corrected chi connectivity index (χ4v) is 0.969. The maximum Gasteiger partial charge on any atom is 0.514 e. The van der Waals surface area contributed by atoms with Crippen molar-refractivity contribution in [1.82, 2.24) is 4.98 Å². The van der Waals surface area contributed by atoms with Crippen LogP contribution in [0, 0.1) is 0 Å². The highest BCUT2D eigenvalue weighted by Gasteiger charge is 2.08. The SMILES string of the molecule is O=C(O)Oc1nc2ccccc2o1. The summed E-state index contributed by atoms with van der Waals surface area (Å²) in [5.41, 5.74) is 1.07. The molecule has 0 amide bonds. The molecule has 0 unspecified atom stereocenters. The molecular weight excluding hydrogens is 174 g/mol. The molecule has 0 saturated heterocycles. The lowest BCUT2D eigenvalue weighted by atomic mass is 10.3. The summed E-state index contributed by atoms with van der Waals surface area (Å²) in [4.78, 5) is 13.9. The van der Waals surface area contributed by atoms with Gasteiger partial charge in [0.15, 0.2) is 5.58 Å². The summed E-state index contributed by atoms with van der Waals surface area (Å²) >= 11 is 0. The Hall–Kier alpha value is -2.04. The monoisotopic (exact) mass is 179 g/mol. The second-order valence-electron chi connectivity index (χ2n) is 2.32. The summed E-state index contributed by atoms with van der Waals surface area (Å²) in [6.45, 7) is 0. The summed E-state index contributed by atoms with van der Waals surface area (Å²) in [7, 11) is 0. The van der Waals surface area contributed by atoms with Gasteiger partial charge in [0, 0.05) is 0 Å². The van der Waals surface area contributed by atoms with Crippen LogP contribution in [0.5, 0.6) is 6.08 Å².